The van der Waals surface area contributed by atoms with Gasteiger partial charge in [0, 0.05) is 27.2 Å². The molecule has 156 valence electrons. The number of hydrogen-bond donors (Lipinski definition) is 0. The predicted molar refractivity (Wildman–Crippen MR) is 122 cm³/mol. The monoisotopic (exact) mass is 496 g/mol. The second kappa shape index (κ2) is 7.39. The highest BCUT2D eigenvalue weighted by atomic mass is 79.9. The van der Waals surface area contributed by atoms with Crippen LogP contribution in [0.15, 0.2) is 77.3 Å². The lowest BCUT2D eigenvalue weighted by atomic mass is 9.88. The molecular weight excluding hydrogens is 480 g/mol. The molecule has 3 aromatic carbocycles. The molecule has 1 saturated heterocycles. The van der Waals surface area contributed by atoms with Crippen LogP contribution in [0, 0.1) is 0 Å². The van der Waals surface area contributed by atoms with Gasteiger partial charge in [0.15, 0.2) is 5.72 Å². The minimum Gasteiger partial charge on any atom is -0.467 e. The summed E-state index contributed by atoms with van der Waals surface area (Å²) in [4.78, 5) is 30.4. The van der Waals surface area contributed by atoms with E-state index < -0.39 is 17.8 Å². The maximum Gasteiger partial charge on any atom is 0.335 e. The van der Waals surface area contributed by atoms with Crippen molar-refractivity contribution in [2.24, 2.45) is 0 Å². The summed E-state index contributed by atoms with van der Waals surface area (Å²) in [6.45, 7) is 1.88. The van der Waals surface area contributed by atoms with Gasteiger partial charge in [0.2, 0.25) is 0 Å². The van der Waals surface area contributed by atoms with Gasteiger partial charge in [-0.2, -0.15) is 0 Å². The highest BCUT2D eigenvalue weighted by Gasteiger charge is 2.55. The van der Waals surface area contributed by atoms with Crippen molar-refractivity contribution >= 4 is 45.2 Å². The number of nitrogens with zero attached hydrogens (tertiary/aromatic N) is 2. The third kappa shape index (κ3) is 3.22. The molecule has 7 heteroatoms. The Morgan fingerprint density at radius 1 is 1.06 bits per heavy atom. The highest BCUT2D eigenvalue weighted by molar-refractivity contribution is 9.10. The number of anilines is 1. The van der Waals surface area contributed by atoms with E-state index in [0.29, 0.717) is 32.9 Å². The molecule has 5 nitrogen and oxygen atoms in total. The van der Waals surface area contributed by atoms with Gasteiger partial charge in [-0.1, -0.05) is 41.9 Å². The fourth-order valence-corrected chi connectivity index (χ4v) is 4.95. The molecule has 0 N–H and O–H groups in total. The third-order valence-corrected chi connectivity index (χ3v) is 6.71. The van der Waals surface area contributed by atoms with Crippen LogP contribution in [-0.2, 0) is 0 Å². The number of ether oxygens (including phenoxy) is 1. The summed E-state index contributed by atoms with van der Waals surface area (Å²) in [6.07, 6.45) is 0.439. The average Bonchev–Trinajstić information content (AvgIpc) is 2.75. The number of hydrogen-bond acceptors (Lipinski definition) is 3. The van der Waals surface area contributed by atoms with Crippen LogP contribution >= 0.6 is 27.5 Å². The van der Waals surface area contributed by atoms with Crippen molar-refractivity contribution in [1.29, 1.82) is 0 Å². The number of urea groups is 1. The van der Waals surface area contributed by atoms with Gasteiger partial charge in [0.1, 0.15) is 5.75 Å². The van der Waals surface area contributed by atoms with Crippen LogP contribution in [0.2, 0.25) is 5.02 Å². The van der Waals surface area contributed by atoms with Crippen molar-refractivity contribution in [3.05, 3.63) is 93.4 Å². The Kier molecular flexibility index (Phi) is 4.79. The largest absolute Gasteiger partial charge is 0.467 e. The van der Waals surface area contributed by atoms with Crippen molar-refractivity contribution < 1.29 is 14.3 Å². The van der Waals surface area contributed by atoms with E-state index >= 15 is 0 Å². The molecular formula is C24H18BrClN2O3. The lowest BCUT2D eigenvalue weighted by Gasteiger charge is -2.53. The number of fused-ring (bicyclic) bond motifs is 4. The molecule has 2 heterocycles. The third-order valence-electron chi connectivity index (χ3n) is 5.77. The van der Waals surface area contributed by atoms with Crippen molar-refractivity contribution in [2.75, 3.05) is 4.90 Å². The Balaban J connectivity index is 1.68. The molecule has 0 saturated carbocycles. The van der Waals surface area contributed by atoms with Gasteiger partial charge in [-0.25, -0.2) is 4.79 Å². The average molecular weight is 498 g/mol. The van der Waals surface area contributed by atoms with Gasteiger partial charge >= 0.3 is 6.03 Å². The van der Waals surface area contributed by atoms with Crippen LogP contribution < -0.4 is 9.64 Å². The number of amides is 3. The molecule has 2 unspecified atom stereocenters. The van der Waals surface area contributed by atoms with Crippen LogP contribution in [0.5, 0.6) is 5.75 Å². The molecule has 0 aliphatic carbocycles. The van der Waals surface area contributed by atoms with Gasteiger partial charge in [-0.05, 0) is 65.3 Å². The molecule has 3 amide bonds. The second-order valence-corrected chi connectivity index (χ2v) is 9.08. The number of benzene rings is 3. The van der Waals surface area contributed by atoms with Gasteiger partial charge in [0.25, 0.3) is 5.91 Å². The number of para-hydroxylation sites is 1. The van der Waals surface area contributed by atoms with E-state index in [-0.39, 0.29) is 5.91 Å². The fourth-order valence-electron chi connectivity index (χ4n) is 4.37. The van der Waals surface area contributed by atoms with Gasteiger partial charge in [0.05, 0.1) is 11.6 Å². The van der Waals surface area contributed by atoms with E-state index in [1.807, 2.05) is 37.3 Å². The first-order valence-corrected chi connectivity index (χ1v) is 11.0. The topological polar surface area (TPSA) is 49.9 Å². The molecule has 0 spiro atoms. The molecule has 3 aromatic rings. The molecule has 2 aliphatic heterocycles. The van der Waals surface area contributed by atoms with E-state index in [9.17, 15) is 9.59 Å². The number of carbonyl (C=O) groups excluding carboxylic acids is 2. The van der Waals surface area contributed by atoms with Gasteiger partial charge < -0.3 is 4.74 Å². The summed E-state index contributed by atoms with van der Waals surface area (Å²) in [5, 5.41) is 0.562. The Morgan fingerprint density at radius 2 is 1.74 bits per heavy atom. The minimum atomic E-state index is -0.950. The first-order chi connectivity index (χ1) is 14.9. The summed E-state index contributed by atoms with van der Waals surface area (Å²) < 4.78 is 6.98. The zero-order valence-electron chi connectivity index (χ0n) is 16.6. The van der Waals surface area contributed by atoms with E-state index in [2.05, 4.69) is 15.9 Å². The summed E-state index contributed by atoms with van der Waals surface area (Å²) in [5.74, 6) is 0.304. The standard InChI is InChI=1S/C24H18BrClN2O3/c1-24-14-20(18-7-3-5-9-21(18)31-24)27(22(29)17-6-2-4-8-19(17)25)23(30)28(24)16-12-10-15(26)11-13-16/h2-13,20H,14H2,1H3. The zero-order chi connectivity index (χ0) is 21.8. The minimum absolute atomic E-state index is 0.361. The van der Waals surface area contributed by atoms with Crippen molar-refractivity contribution in [1.82, 2.24) is 4.90 Å². The molecule has 1 fully saturated rings. The smallest absolute Gasteiger partial charge is 0.335 e. The highest BCUT2D eigenvalue weighted by Crippen LogP contribution is 2.49. The van der Waals surface area contributed by atoms with E-state index in [4.69, 9.17) is 16.3 Å². The number of halogens is 2. The maximum absolute atomic E-state index is 13.9. The number of rotatable bonds is 2. The first-order valence-electron chi connectivity index (χ1n) is 9.85. The molecule has 5 rings (SSSR count). The molecule has 0 aromatic heterocycles. The molecule has 0 radical (unpaired) electrons. The summed E-state index contributed by atoms with van der Waals surface area (Å²) in [6, 6.07) is 20.8. The Hall–Kier alpha value is -2.83. The normalized spacial score (nSPS) is 22.0. The zero-order valence-corrected chi connectivity index (χ0v) is 18.9. The van der Waals surface area contributed by atoms with Crippen molar-refractivity contribution in [3.8, 4) is 5.75 Å². The molecule has 2 aliphatic rings. The quantitative estimate of drug-likeness (QED) is 0.410. The lowest BCUT2D eigenvalue weighted by Crippen LogP contribution is -2.67. The summed E-state index contributed by atoms with van der Waals surface area (Å²) >= 11 is 9.52. The van der Waals surface area contributed by atoms with Crippen molar-refractivity contribution in [2.45, 2.75) is 25.1 Å². The van der Waals surface area contributed by atoms with E-state index in [1.165, 1.54) is 4.90 Å². The second-order valence-electron chi connectivity index (χ2n) is 7.78. The van der Waals surface area contributed by atoms with Gasteiger partial charge in [-0.3, -0.25) is 14.6 Å². The maximum atomic E-state index is 13.9. The van der Waals surface area contributed by atoms with Crippen molar-refractivity contribution in [3.63, 3.8) is 0 Å². The van der Waals surface area contributed by atoms with E-state index in [0.717, 1.165) is 5.56 Å². The van der Waals surface area contributed by atoms with Crippen LogP contribution in [0.1, 0.15) is 35.3 Å². The first kappa shape index (κ1) is 20.1. The fraction of sp³-hybridized carbons (Fsp3) is 0.167. The number of carbonyl (C=O) groups is 2. The summed E-state index contributed by atoms with van der Waals surface area (Å²) in [5.41, 5.74) is 0.915. The van der Waals surface area contributed by atoms with Crippen LogP contribution in [-0.4, -0.2) is 22.6 Å². The molecule has 2 bridgehead atoms. The molecule has 2 atom stereocenters. The SMILES string of the molecule is CC12CC(c3ccccc3O1)N(C(=O)c1ccccc1Br)C(=O)N2c1ccc(Cl)cc1. The Morgan fingerprint density at radius 3 is 2.48 bits per heavy atom. The number of imide groups is 1. The predicted octanol–water partition coefficient (Wildman–Crippen LogP) is 6.42. The molecule has 31 heavy (non-hydrogen) atoms. The Labute approximate surface area is 193 Å². The summed E-state index contributed by atoms with van der Waals surface area (Å²) in [7, 11) is 0. The Bertz CT molecular complexity index is 1200. The van der Waals surface area contributed by atoms with E-state index in [1.54, 1.807) is 47.4 Å². The van der Waals surface area contributed by atoms with Crippen LogP contribution in [0.3, 0.4) is 0 Å². The lowest BCUT2D eigenvalue weighted by molar-refractivity contribution is 0.00265. The van der Waals surface area contributed by atoms with Crippen LogP contribution in [0.25, 0.3) is 0 Å². The van der Waals surface area contributed by atoms with Gasteiger partial charge in [-0.15, -0.1) is 0 Å². The van der Waals surface area contributed by atoms with Crippen LogP contribution in [0.4, 0.5) is 10.5 Å².